The molecule has 0 bridgehead atoms. The van der Waals surface area contributed by atoms with E-state index in [0.717, 1.165) is 19.3 Å². The molecule has 0 radical (unpaired) electrons. The van der Waals surface area contributed by atoms with E-state index in [1.165, 1.54) is 34.9 Å². The average molecular weight is 440 g/mol. The minimum atomic E-state index is -1.49. The molecule has 30 heavy (non-hydrogen) atoms. The van der Waals surface area contributed by atoms with E-state index in [-0.39, 0.29) is 30.2 Å². The highest BCUT2D eigenvalue weighted by molar-refractivity contribution is 7.99. The van der Waals surface area contributed by atoms with Crippen molar-refractivity contribution >= 4 is 35.5 Å². The molecule has 1 aliphatic rings. The number of carboxylic acid groups (broad SMARTS) is 2. The van der Waals surface area contributed by atoms with E-state index in [1.54, 1.807) is 6.07 Å². The third-order valence-electron chi connectivity index (χ3n) is 4.63. The molecule has 1 unspecified atom stereocenters. The van der Waals surface area contributed by atoms with Gasteiger partial charge in [-0.05, 0) is 18.4 Å². The van der Waals surface area contributed by atoms with Crippen molar-refractivity contribution < 1.29 is 34.3 Å². The molecule has 2 rings (SSSR count). The molecular formula is C19H24N2O8S. The number of aliphatic carboxylic acids is 1. The summed E-state index contributed by atoms with van der Waals surface area (Å²) in [5, 5.41) is 28.1. The Bertz CT molecular complexity index is 788. The number of unbranched alkanes of at least 4 members (excludes halogenated alkanes) is 4. The molecular weight excluding hydrogens is 416 g/mol. The number of nitro benzene ring substituents is 1. The van der Waals surface area contributed by atoms with Gasteiger partial charge in [0.15, 0.2) is 6.23 Å². The second-order valence-electron chi connectivity index (χ2n) is 6.84. The van der Waals surface area contributed by atoms with Gasteiger partial charge in [-0.15, -0.1) is 11.8 Å². The van der Waals surface area contributed by atoms with Gasteiger partial charge < -0.3 is 14.9 Å². The fourth-order valence-corrected chi connectivity index (χ4v) is 4.57. The summed E-state index contributed by atoms with van der Waals surface area (Å²) in [7, 11) is 0. The third-order valence-corrected chi connectivity index (χ3v) is 5.92. The normalized spacial score (nSPS) is 18.2. The standard InChI is InChI=1S/C19H24N2O8S/c22-15(9-4-2-1-3-5-10-17(23)24)20-16(29-19(25)26)12-30-18(20)13-7-6-8-14(11-13)21(27)28/h6-8,11,16,18H,1-5,9-10,12H2,(H,23,24)(H,25,26)/t16-,18?/m1/s1. The van der Waals surface area contributed by atoms with Gasteiger partial charge in [-0.3, -0.25) is 24.6 Å². The lowest BCUT2D eigenvalue weighted by atomic mass is 10.1. The number of thioether (sulfide) groups is 1. The first kappa shape index (κ1) is 23.5. The van der Waals surface area contributed by atoms with Gasteiger partial charge >= 0.3 is 12.1 Å². The molecule has 11 heteroatoms. The summed E-state index contributed by atoms with van der Waals surface area (Å²) in [6, 6.07) is 5.92. The molecule has 1 aromatic carbocycles. The molecule has 2 atom stereocenters. The summed E-state index contributed by atoms with van der Waals surface area (Å²) < 4.78 is 4.87. The second kappa shape index (κ2) is 11.4. The van der Waals surface area contributed by atoms with E-state index in [4.69, 9.17) is 14.9 Å². The van der Waals surface area contributed by atoms with E-state index in [9.17, 15) is 24.5 Å². The maximum absolute atomic E-state index is 12.8. The van der Waals surface area contributed by atoms with E-state index >= 15 is 0 Å². The van der Waals surface area contributed by atoms with Crippen molar-refractivity contribution in [3.05, 3.63) is 39.9 Å². The number of ether oxygens (including phenoxy) is 1. The highest BCUT2D eigenvalue weighted by Crippen LogP contribution is 2.43. The summed E-state index contributed by atoms with van der Waals surface area (Å²) >= 11 is 1.29. The van der Waals surface area contributed by atoms with Gasteiger partial charge in [0.25, 0.3) is 5.69 Å². The van der Waals surface area contributed by atoms with Gasteiger partial charge in [0.2, 0.25) is 5.91 Å². The van der Waals surface area contributed by atoms with Crippen molar-refractivity contribution in [2.24, 2.45) is 0 Å². The first-order valence-electron chi connectivity index (χ1n) is 9.58. The first-order chi connectivity index (χ1) is 14.3. The van der Waals surface area contributed by atoms with Crippen molar-refractivity contribution in [1.29, 1.82) is 0 Å². The monoisotopic (exact) mass is 440 g/mol. The van der Waals surface area contributed by atoms with Crippen LogP contribution >= 0.6 is 11.8 Å². The molecule has 1 aromatic rings. The number of carbonyl (C=O) groups excluding carboxylic acids is 1. The van der Waals surface area contributed by atoms with Crippen LogP contribution in [0.15, 0.2) is 24.3 Å². The Balaban J connectivity index is 2.00. The molecule has 0 saturated carbocycles. The Morgan fingerprint density at radius 1 is 1.13 bits per heavy atom. The molecule has 0 spiro atoms. The minimum absolute atomic E-state index is 0.107. The van der Waals surface area contributed by atoms with Gasteiger partial charge in [-0.25, -0.2) is 4.79 Å². The molecule has 10 nitrogen and oxygen atoms in total. The van der Waals surface area contributed by atoms with Crippen LogP contribution in [0.5, 0.6) is 0 Å². The summed E-state index contributed by atoms with van der Waals surface area (Å²) in [5.41, 5.74) is 0.428. The average Bonchev–Trinajstić information content (AvgIpc) is 3.09. The number of nitro groups is 1. The predicted octanol–water partition coefficient (Wildman–Crippen LogP) is 4.00. The van der Waals surface area contributed by atoms with Crippen LogP contribution in [0.2, 0.25) is 0 Å². The Morgan fingerprint density at radius 2 is 1.80 bits per heavy atom. The van der Waals surface area contributed by atoms with Crippen LogP contribution in [0.4, 0.5) is 10.5 Å². The molecule has 2 N–H and O–H groups in total. The molecule has 1 aliphatic heterocycles. The van der Waals surface area contributed by atoms with Crippen LogP contribution in [-0.2, 0) is 14.3 Å². The molecule has 1 fully saturated rings. The zero-order chi connectivity index (χ0) is 22.1. The smallest absolute Gasteiger partial charge is 0.481 e. The minimum Gasteiger partial charge on any atom is -0.481 e. The van der Waals surface area contributed by atoms with Gasteiger partial charge in [0, 0.05) is 25.0 Å². The predicted molar refractivity (Wildman–Crippen MR) is 108 cm³/mol. The largest absolute Gasteiger partial charge is 0.507 e. The number of carbonyl (C=O) groups is 3. The number of hydrogen-bond acceptors (Lipinski definition) is 7. The lowest BCUT2D eigenvalue weighted by Gasteiger charge is -2.28. The van der Waals surface area contributed by atoms with E-state index < -0.39 is 28.6 Å². The van der Waals surface area contributed by atoms with Crippen molar-refractivity contribution in [2.75, 3.05) is 5.75 Å². The van der Waals surface area contributed by atoms with Crippen LogP contribution in [0.1, 0.15) is 55.9 Å². The van der Waals surface area contributed by atoms with Crippen LogP contribution in [0.3, 0.4) is 0 Å². The molecule has 0 aliphatic carbocycles. The van der Waals surface area contributed by atoms with Crippen LogP contribution < -0.4 is 0 Å². The molecule has 164 valence electrons. The lowest BCUT2D eigenvalue weighted by Crippen LogP contribution is -2.40. The molecule has 0 aromatic heterocycles. The lowest BCUT2D eigenvalue weighted by molar-refractivity contribution is -0.384. The van der Waals surface area contributed by atoms with Crippen molar-refractivity contribution in [3.8, 4) is 0 Å². The highest BCUT2D eigenvalue weighted by atomic mass is 32.2. The van der Waals surface area contributed by atoms with Gasteiger partial charge in [-0.1, -0.05) is 31.4 Å². The maximum atomic E-state index is 12.8. The number of non-ortho nitro benzene ring substituents is 1. The summed E-state index contributed by atoms with van der Waals surface area (Å²) in [6.07, 6.45) is 1.35. The number of carboxylic acids is 1. The fourth-order valence-electron chi connectivity index (χ4n) is 3.24. The number of nitrogens with zero attached hydrogens (tertiary/aromatic N) is 2. The van der Waals surface area contributed by atoms with Gasteiger partial charge in [0.05, 0.1) is 10.7 Å². The van der Waals surface area contributed by atoms with Gasteiger partial charge in [0.1, 0.15) is 5.37 Å². The van der Waals surface area contributed by atoms with E-state index in [1.807, 2.05) is 0 Å². The van der Waals surface area contributed by atoms with Crippen molar-refractivity contribution in [2.45, 2.75) is 56.5 Å². The third kappa shape index (κ3) is 6.90. The van der Waals surface area contributed by atoms with Crippen molar-refractivity contribution in [1.82, 2.24) is 4.90 Å². The molecule has 1 amide bonds. The quantitative estimate of drug-likeness (QED) is 0.225. The SMILES string of the molecule is O=C(O)CCCCCCCC(=O)N1C(c2cccc([N+](=O)[O-])c2)SC[C@H]1OC(=O)O. The Morgan fingerprint density at radius 3 is 2.43 bits per heavy atom. The first-order valence-corrected chi connectivity index (χ1v) is 10.6. The summed E-state index contributed by atoms with van der Waals surface area (Å²) in [4.78, 5) is 46.2. The van der Waals surface area contributed by atoms with Crippen LogP contribution in [-0.4, -0.2) is 50.0 Å². The Labute approximate surface area is 177 Å². The second-order valence-corrected chi connectivity index (χ2v) is 7.95. The molecule has 1 saturated heterocycles. The topological polar surface area (TPSA) is 147 Å². The number of hydrogen-bond donors (Lipinski definition) is 2. The fraction of sp³-hybridized carbons (Fsp3) is 0.526. The highest BCUT2D eigenvalue weighted by Gasteiger charge is 2.40. The maximum Gasteiger partial charge on any atom is 0.507 e. The zero-order valence-corrected chi connectivity index (χ0v) is 17.1. The molecule has 1 heterocycles. The Kier molecular flexibility index (Phi) is 8.90. The van der Waals surface area contributed by atoms with Gasteiger partial charge in [-0.2, -0.15) is 0 Å². The van der Waals surface area contributed by atoms with Crippen LogP contribution in [0, 0.1) is 10.1 Å². The van der Waals surface area contributed by atoms with Crippen molar-refractivity contribution in [3.63, 3.8) is 0 Å². The number of benzene rings is 1. The number of amides is 1. The number of rotatable bonds is 11. The summed E-state index contributed by atoms with van der Waals surface area (Å²) in [6.45, 7) is 0. The zero-order valence-electron chi connectivity index (χ0n) is 16.3. The Hall–Kier alpha value is -2.82. The van der Waals surface area contributed by atoms with E-state index in [2.05, 4.69) is 0 Å². The van der Waals surface area contributed by atoms with E-state index in [0.29, 0.717) is 18.4 Å². The van der Waals surface area contributed by atoms with Crippen LogP contribution in [0.25, 0.3) is 0 Å². The summed E-state index contributed by atoms with van der Waals surface area (Å²) in [5.74, 6) is -0.873.